The van der Waals surface area contributed by atoms with Crippen molar-refractivity contribution >= 4 is 22.7 Å². The summed E-state index contributed by atoms with van der Waals surface area (Å²) in [5, 5.41) is 5.74. The number of aromatic nitrogens is 1. The monoisotopic (exact) mass is 272 g/mol. The summed E-state index contributed by atoms with van der Waals surface area (Å²) < 4.78 is 0. The Kier molecular flexibility index (Phi) is 4.04. The molecule has 0 aliphatic heterocycles. The Morgan fingerprint density at radius 2 is 2.16 bits per heavy atom. The van der Waals surface area contributed by atoms with Crippen molar-refractivity contribution in [2.75, 3.05) is 6.26 Å². The van der Waals surface area contributed by atoms with Crippen LogP contribution in [0.15, 0.2) is 36.5 Å². The summed E-state index contributed by atoms with van der Waals surface area (Å²) >= 11 is 2.00. The first-order valence-corrected chi connectivity index (χ1v) is 8.26. The van der Waals surface area contributed by atoms with Crippen molar-refractivity contribution < 1.29 is 0 Å². The van der Waals surface area contributed by atoms with E-state index in [-0.39, 0.29) is 0 Å². The van der Waals surface area contributed by atoms with E-state index in [1.54, 1.807) is 0 Å². The molecule has 2 unspecified atom stereocenters. The lowest BCUT2D eigenvalue weighted by atomic mass is 10.1. The van der Waals surface area contributed by atoms with Gasteiger partial charge in [0.1, 0.15) is 0 Å². The van der Waals surface area contributed by atoms with Gasteiger partial charge in [-0.25, -0.2) is 0 Å². The molecule has 1 heterocycles. The van der Waals surface area contributed by atoms with Gasteiger partial charge in [0.2, 0.25) is 0 Å². The normalized spacial score (nSPS) is 23.0. The van der Waals surface area contributed by atoms with E-state index in [1.807, 2.05) is 24.0 Å². The number of hydrogen-bond acceptors (Lipinski definition) is 3. The van der Waals surface area contributed by atoms with Crippen LogP contribution in [0.25, 0.3) is 10.9 Å². The van der Waals surface area contributed by atoms with Crippen molar-refractivity contribution in [1.29, 1.82) is 0 Å². The summed E-state index contributed by atoms with van der Waals surface area (Å²) in [6.45, 7) is 0.927. The van der Waals surface area contributed by atoms with Crippen molar-refractivity contribution in [3.63, 3.8) is 0 Å². The quantitative estimate of drug-likeness (QED) is 0.920. The number of nitrogens with one attached hydrogen (secondary N) is 1. The largest absolute Gasteiger partial charge is 0.309 e. The Morgan fingerprint density at radius 3 is 3.05 bits per heavy atom. The minimum absolute atomic E-state index is 0.661. The molecule has 3 heteroatoms. The van der Waals surface area contributed by atoms with Crippen molar-refractivity contribution in [3.8, 4) is 0 Å². The maximum absolute atomic E-state index is 4.52. The Hall–Kier alpha value is -1.06. The zero-order chi connectivity index (χ0) is 13.1. The molecule has 0 spiro atoms. The highest BCUT2D eigenvalue weighted by atomic mass is 32.2. The number of para-hydroxylation sites is 1. The maximum atomic E-state index is 4.52. The standard InChI is InChI=1S/C16H20N2S/c1-19-15-9-3-8-14(15)18-11-13-6-2-5-12-7-4-10-17-16(12)13/h2,4-7,10,14-15,18H,3,8-9,11H2,1H3. The maximum Gasteiger partial charge on any atom is 0.0746 e. The number of fused-ring (bicyclic) bond motifs is 1. The van der Waals surface area contributed by atoms with Crippen LogP contribution in [0.1, 0.15) is 24.8 Å². The van der Waals surface area contributed by atoms with Crippen LogP contribution in [0.4, 0.5) is 0 Å². The molecule has 0 radical (unpaired) electrons. The molecule has 3 rings (SSSR count). The van der Waals surface area contributed by atoms with Gasteiger partial charge in [-0.1, -0.05) is 30.7 Å². The number of benzene rings is 1. The van der Waals surface area contributed by atoms with E-state index < -0.39 is 0 Å². The average molecular weight is 272 g/mol. The Bertz CT molecular complexity index is 550. The number of nitrogens with zero attached hydrogens (tertiary/aromatic N) is 1. The molecule has 2 atom stereocenters. The topological polar surface area (TPSA) is 24.9 Å². The predicted octanol–water partition coefficient (Wildman–Crippen LogP) is 3.61. The van der Waals surface area contributed by atoms with Gasteiger partial charge in [0, 0.05) is 29.4 Å². The molecule has 1 fully saturated rings. The van der Waals surface area contributed by atoms with Crippen LogP contribution < -0.4 is 5.32 Å². The van der Waals surface area contributed by atoms with Gasteiger partial charge < -0.3 is 5.32 Å². The highest BCUT2D eigenvalue weighted by molar-refractivity contribution is 7.99. The van der Waals surface area contributed by atoms with E-state index in [2.05, 4.69) is 40.8 Å². The third kappa shape index (κ3) is 2.77. The molecule has 1 aliphatic carbocycles. The van der Waals surface area contributed by atoms with E-state index in [4.69, 9.17) is 0 Å². The second kappa shape index (κ2) is 5.93. The molecule has 1 aliphatic rings. The van der Waals surface area contributed by atoms with Crippen LogP contribution in [-0.2, 0) is 6.54 Å². The Morgan fingerprint density at radius 1 is 1.26 bits per heavy atom. The third-order valence-corrected chi connectivity index (χ3v) is 5.20. The minimum atomic E-state index is 0.661. The molecular formula is C16H20N2S. The smallest absolute Gasteiger partial charge is 0.0746 e. The molecular weight excluding hydrogens is 252 g/mol. The van der Waals surface area contributed by atoms with Crippen LogP contribution in [0.2, 0.25) is 0 Å². The molecule has 2 aromatic rings. The van der Waals surface area contributed by atoms with Crippen molar-refractivity contribution in [1.82, 2.24) is 10.3 Å². The van der Waals surface area contributed by atoms with Gasteiger partial charge in [-0.3, -0.25) is 4.98 Å². The molecule has 0 saturated heterocycles. The Labute approximate surface area is 119 Å². The fourth-order valence-electron chi connectivity index (χ4n) is 2.99. The second-order valence-electron chi connectivity index (χ2n) is 5.18. The zero-order valence-electron chi connectivity index (χ0n) is 11.3. The fraction of sp³-hybridized carbons (Fsp3) is 0.438. The van der Waals surface area contributed by atoms with Crippen LogP contribution in [-0.4, -0.2) is 22.5 Å². The lowest BCUT2D eigenvalue weighted by Gasteiger charge is -2.19. The number of hydrogen-bond donors (Lipinski definition) is 1. The van der Waals surface area contributed by atoms with Gasteiger partial charge in [-0.05, 0) is 30.7 Å². The molecule has 0 amide bonds. The van der Waals surface area contributed by atoms with E-state index in [9.17, 15) is 0 Å². The highest BCUT2D eigenvalue weighted by Gasteiger charge is 2.25. The van der Waals surface area contributed by atoms with Crippen LogP contribution in [0, 0.1) is 0 Å². The first-order valence-electron chi connectivity index (χ1n) is 6.97. The molecule has 0 bridgehead atoms. The van der Waals surface area contributed by atoms with Gasteiger partial charge in [-0.2, -0.15) is 11.8 Å². The predicted molar refractivity (Wildman–Crippen MR) is 83.5 cm³/mol. The zero-order valence-corrected chi connectivity index (χ0v) is 12.1. The van der Waals surface area contributed by atoms with Crippen molar-refractivity contribution in [2.45, 2.75) is 37.1 Å². The van der Waals surface area contributed by atoms with E-state index >= 15 is 0 Å². The fourth-order valence-corrected chi connectivity index (χ4v) is 3.96. The first kappa shape index (κ1) is 12.9. The van der Waals surface area contributed by atoms with E-state index in [1.165, 1.54) is 30.2 Å². The van der Waals surface area contributed by atoms with Gasteiger partial charge >= 0.3 is 0 Å². The highest BCUT2D eigenvalue weighted by Crippen LogP contribution is 2.28. The lowest BCUT2D eigenvalue weighted by Crippen LogP contribution is -2.33. The van der Waals surface area contributed by atoms with Crippen molar-refractivity contribution in [2.24, 2.45) is 0 Å². The third-order valence-electron chi connectivity index (χ3n) is 4.03. The molecule has 1 N–H and O–H groups in total. The van der Waals surface area contributed by atoms with E-state index in [0.717, 1.165) is 17.3 Å². The van der Waals surface area contributed by atoms with Crippen LogP contribution >= 0.6 is 11.8 Å². The molecule has 1 aromatic carbocycles. The van der Waals surface area contributed by atoms with E-state index in [0.29, 0.717) is 6.04 Å². The minimum Gasteiger partial charge on any atom is -0.309 e. The Balaban J connectivity index is 1.75. The van der Waals surface area contributed by atoms with Gasteiger partial charge in [0.25, 0.3) is 0 Å². The molecule has 100 valence electrons. The van der Waals surface area contributed by atoms with Gasteiger partial charge in [0.05, 0.1) is 5.52 Å². The lowest BCUT2D eigenvalue weighted by molar-refractivity contribution is 0.533. The van der Waals surface area contributed by atoms with Crippen LogP contribution in [0.5, 0.6) is 0 Å². The summed E-state index contributed by atoms with van der Waals surface area (Å²) in [7, 11) is 0. The summed E-state index contributed by atoms with van der Waals surface area (Å²) in [5.74, 6) is 0. The van der Waals surface area contributed by atoms with Gasteiger partial charge in [0.15, 0.2) is 0 Å². The van der Waals surface area contributed by atoms with Crippen LogP contribution in [0.3, 0.4) is 0 Å². The number of pyridine rings is 1. The average Bonchev–Trinajstić information content (AvgIpc) is 2.92. The summed E-state index contributed by atoms with van der Waals surface area (Å²) in [6.07, 6.45) is 8.13. The van der Waals surface area contributed by atoms with Gasteiger partial charge in [-0.15, -0.1) is 0 Å². The van der Waals surface area contributed by atoms with Crippen molar-refractivity contribution in [3.05, 3.63) is 42.1 Å². The first-order chi connectivity index (χ1) is 9.38. The summed E-state index contributed by atoms with van der Waals surface area (Å²) in [6, 6.07) is 11.2. The summed E-state index contributed by atoms with van der Waals surface area (Å²) in [4.78, 5) is 4.52. The summed E-state index contributed by atoms with van der Waals surface area (Å²) in [5.41, 5.74) is 2.45. The molecule has 19 heavy (non-hydrogen) atoms. The molecule has 1 aromatic heterocycles. The number of rotatable bonds is 4. The molecule has 1 saturated carbocycles. The second-order valence-corrected chi connectivity index (χ2v) is 6.26. The molecule has 2 nitrogen and oxygen atoms in total. The SMILES string of the molecule is CSC1CCCC1NCc1cccc2cccnc12. The number of thioether (sulfide) groups is 1.